The topological polar surface area (TPSA) is 148 Å². The summed E-state index contributed by atoms with van der Waals surface area (Å²) in [7, 11) is 1.94. The number of benzene rings is 3. The van der Waals surface area contributed by atoms with E-state index in [4.69, 9.17) is 10.7 Å². The van der Waals surface area contributed by atoms with Crippen molar-refractivity contribution in [2.45, 2.75) is 13.4 Å². The van der Waals surface area contributed by atoms with Crippen LogP contribution in [0.15, 0.2) is 91.1 Å². The van der Waals surface area contributed by atoms with Gasteiger partial charge in [0.1, 0.15) is 11.6 Å². The molecule has 5 N–H and O–H groups in total. The van der Waals surface area contributed by atoms with Crippen molar-refractivity contribution in [3.05, 3.63) is 102 Å². The molecule has 0 saturated carbocycles. The minimum absolute atomic E-state index is 0.0362. The minimum Gasteiger partial charge on any atom is -0.507 e. The first kappa shape index (κ1) is 25.6. The van der Waals surface area contributed by atoms with Crippen LogP contribution in [0, 0.1) is 0 Å². The largest absolute Gasteiger partial charge is 0.507 e. The molecule has 41 heavy (non-hydrogen) atoms. The van der Waals surface area contributed by atoms with Crippen LogP contribution in [-0.4, -0.2) is 47.9 Å². The summed E-state index contributed by atoms with van der Waals surface area (Å²) in [5, 5.41) is 29.6. The van der Waals surface area contributed by atoms with E-state index in [1.807, 2.05) is 80.8 Å². The lowest BCUT2D eigenvalue weighted by atomic mass is 9.75. The van der Waals surface area contributed by atoms with Gasteiger partial charge in [-0.1, -0.05) is 49.3 Å². The third-order valence-corrected chi connectivity index (χ3v) is 6.49. The number of hydrogen-bond acceptors (Lipinski definition) is 8. The highest BCUT2D eigenvalue weighted by atomic mass is 16.3. The number of phenols is 1. The van der Waals surface area contributed by atoms with Gasteiger partial charge in [0.15, 0.2) is 24.4 Å². The molecule has 0 aliphatic heterocycles. The number of aromatic nitrogens is 6. The molecule has 3 aromatic heterocycles. The van der Waals surface area contributed by atoms with Gasteiger partial charge < -0.3 is 21.5 Å². The van der Waals surface area contributed by atoms with E-state index in [1.54, 1.807) is 28.9 Å². The summed E-state index contributed by atoms with van der Waals surface area (Å²) in [4.78, 5) is 19.1. The van der Waals surface area contributed by atoms with Gasteiger partial charge in [0.2, 0.25) is 0 Å². The van der Waals surface area contributed by atoms with Gasteiger partial charge in [0.25, 0.3) is 5.91 Å². The number of carbonyl (C=O) groups is 1. The highest BCUT2D eigenvalue weighted by Crippen LogP contribution is 2.29. The zero-order chi connectivity index (χ0) is 28.3. The summed E-state index contributed by atoms with van der Waals surface area (Å²) >= 11 is 0. The van der Waals surface area contributed by atoms with E-state index in [1.165, 1.54) is 4.80 Å². The molecular weight excluding hydrogens is 517 g/mol. The molecule has 0 unspecified atom stereocenters. The van der Waals surface area contributed by atoms with Gasteiger partial charge in [-0.15, -0.1) is 15.0 Å². The molecule has 0 bridgehead atoms. The van der Waals surface area contributed by atoms with Gasteiger partial charge in [0, 0.05) is 30.1 Å². The number of carbonyl (C=O) groups excluding carboxylic acids is 1. The Morgan fingerprint density at radius 2 is 1.80 bits per heavy atom. The van der Waals surface area contributed by atoms with Gasteiger partial charge in [-0.3, -0.25) is 4.79 Å². The standard InChI is InChI=1S/C29H25BN9O2/c1-30-22-17-33-38-25(15-23(35-28(22)38)21-12-5-6-13-24(21)40)32-16-18-8-7-9-19(14-18)34-29(41)26-27(31)37-39(36-26)20-10-3-2-4-11-20/h2-15,17,32,40H,16H2,1H3,(H2,31,37)(H,34,41). The zero-order valence-electron chi connectivity index (χ0n) is 22.1. The second-order valence-electron chi connectivity index (χ2n) is 9.23. The first-order valence-corrected chi connectivity index (χ1v) is 12.9. The Bertz CT molecular complexity index is 1870. The zero-order valence-corrected chi connectivity index (χ0v) is 22.1. The number of hydrogen-bond donors (Lipinski definition) is 4. The van der Waals surface area contributed by atoms with Gasteiger partial charge in [-0.25, -0.2) is 4.98 Å². The van der Waals surface area contributed by atoms with Crippen LogP contribution in [0.4, 0.5) is 17.3 Å². The molecule has 12 heteroatoms. The quantitative estimate of drug-likeness (QED) is 0.214. The molecule has 6 aromatic rings. The average molecular weight is 542 g/mol. The molecule has 1 radical (unpaired) electrons. The summed E-state index contributed by atoms with van der Waals surface area (Å²) in [6.07, 6.45) is 1.75. The molecule has 0 spiro atoms. The van der Waals surface area contributed by atoms with Crippen LogP contribution >= 0.6 is 0 Å². The Balaban J connectivity index is 1.22. The van der Waals surface area contributed by atoms with Gasteiger partial charge >= 0.3 is 0 Å². The van der Waals surface area contributed by atoms with Crippen molar-refractivity contribution in [1.29, 1.82) is 0 Å². The van der Waals surface area contributed by atoms with Crippen LogP contribution in [0.3, 0.4) is 0 Å². The van der Waals surface area contributed by atoms with Crippen LogP contribution in [0.25, 0.3) is 22.6 Å². The fourth-order valence-electron chi connectivity index (χ4n) is 4.44. The number of phenolic OH excluding ortho intramolecular Hbond substituents is 1. The highest BCUT2D eigenvalue weighted by Gasteiger charge is 2.18. The molecular formula is C29H25BN9O2. The molecule has 0 fully saturated rings. The highest BCUT2D eigenvalue weighted by molar-refractivity contribution is 6.54. The maximum atomic E-state index is 13.0. The number of amides is 1. The second kappa shape index (κ2) is 10.8. The van der Waals surface area contributed by atoms with Crippen molar-refractivity contribution >= 4 is 41.6 Å². The van der Waals surface area contributed by atoms with E-state index in [-0.39, 0.29) is 17.3 Å². The summed E-state index contributed by atoms with van der Waals surface area (Å²) in [6.45, 7) is 2.36. The third-order valence-electron chi connectivity index (χ3n) is 6.49. The Morgan fingerprint density at radius 3 is 2.61 bits per heavy atom. The molecule has 1 amide bonds. The van der Waals surface area contributed by atoms with Crippen molar-refractivity contribution in [3.8, 4) is 22.7 Å². The molecule has 3 heterocycles. The van der Waals surface area contributed by atoms with Crippen molar-refractivity contribution in [3.63, 3.8) is 0 Å². The third kappa shape index (κ3) is 5.18. The number of aromatic hydroxyl groups is 1. The van der Waals surface area contributed by atoms with E-state index in [0.717, 1.165) is 11.0 Å². The number of anilines is 3. The van der Waals surface area contributed by atoms with E-state index < -0.39 is 5.91 Å². The lowest BCUT2D eigenvalue weighted by Gasteiger charge is -2.13. The SMILES string of the molecule is C[B]c1cnn2c(NCc3cccc(NC(=O)c4nn(-c5ccccc5)nc4N)c3)cc(-c3ccccc3O)nc12. The Hall–Kier alpha value is -5.65. The number of nitrogens with zero attached hydrogens (tertiary/aromatic N) is 6. The van der Waals surface area contributed by atoms with Gasteiger partial charge in [-0.05, 0) is 47.4 Å². The number of rotatable bonds is 8. The van der Waals surface area contributed by atoms with Gasteiger partial charge in [-0.2, -0.15) is 9.61 Å². The van der Waals surface area contributed by atoms with Crippen molar-refractivity contribution in [2.75, 3.05) is 16.4 Å². The normalized spacial score (nSPS) is 11.0. The number of nitrogens with two attached hydrogens (primary N) is 1. The molecule has 0 aliphatic rings. The van der Waals surface area contributed by atoms with Crippen molar-refractivity contribution in [1.82, 2.24) is 29.6 Å². The summed E-state index contributed by atoms with van der Waals surface area (Å²) in [5.74, 6) is 0.415. The van der Waals surface area contributed by atoms with E-state index in [0.29, 0.717) is 40.6 Å². The lowest BCUT2D eigenvalue weighted by Crippen LogP contribution is -2.15. The Labute approximate surface area is 235 Å². The van der Waals surface area contributed by atoms with Crippen LogP contribution in [0.5, 0.6) is 5.75 Å². The fourth-order valence-corrected chi connectivity index (χ4v) is 4.44. The second-order valence-corrected chi connectivity index (χ2v) is 9.23. The molecule has 11 nitrogen and oxygen atoms in total. The lowest BCUT2D eigenvalue weighted by molar-refractivity contribution is 0.102. The van der Waals surface area contributed by atoms with Crippen LogP contribution < -0.4 is 21.8 Å². The molecule has 0 atom stereocenters. The maximum absolute atomic E-state index is 13.0. The Morgan fingerprint density at radius 1 is 1.00 bits per heavy atom. The smallest absolute Gasteiger partial charge is 0.280 e. The molecule has 3 aromatic carbocycles. The average Bonchev–Trinajstić information content (AvgIpc) is 3.60. The van der Waals surface area contributed by atoms with Crippen molar-refractivity contribution in [2.24, 2.45) is 0 Å². The van der Waals surface area contributed by atoms with Crippen LogP contribution in [0.1, 0.15) is 16.1 Å². The van der Waals surface area contributed by atoms with Crippen LogP contribution in [-0.2, 0) is 6.54 Å². The molecule has 201 valence electrons. The first-order chi connectivity index (χ1) is 20.0. The molecule has 0 aliphatic carbocycles. The summed E-state index contributed by atoms with van der Waals surface area (Å²) in [6, 6.07) is 25.6. The monoisotopic (exact) mass is 542 g/mol. The molecule has 0 saturated heterocycles. The predicted molar refractivity (Wildman–Crippen MR) is 159 cm³/mol. The fraction of sp³-hybridized carbons (Fsp3) is 0.0690. The van der Waals surface area contributed by atoms with Gasteiger partial charge in [0.05, 0.1) is 11.4 Å². The van der Waals surface area contributed by atoms with Crippen molar-refractivity contribution < 1.29 is 9.90 Å². The number of nitrogens with one attached hydrogen (secondary N) is 2. The van der Waals surface area contributed by atoms with E-state index in [9.17, 15) is 9.90 Å². The van der Waals surface area contributed by atoms with Crippen LogP contribution in [0.2, 0.25) is 6.82 Å². The number of para-hydroxylation sites is 2. The number of fused-ring (bicyclic) bond motifs is 1. The summed E-state index contributed by atoms with van der Waals surface area (Å²) < 4.78 is 1.73. The van der Waals surface area contributed by atoms with E-state index in [2.05, 4.69) is 25.9 Å². The molecule has 6 rings (SSSR count). The first-order valence-electron chi connectivity index (χ1n) is 12.9. The maximum Gasteiger partial charge on any atom is 0.280 e. The minimum atomic E-state index is -0.460. The Kier molecular flexibility index (Phi) is 6.78. The summed E-state index contributed by atoms with van der Waals surface area (Å²) in [5.41, 5.74) is 11.0. The van der Waals surface area contributed by atoms with E-state index >= 15 is 0 Å². The predicted octanol–water partition coefficient (Wildman–Crippen LogP) is 3.51. The number of nitrogen functional groups attached to an aromatic ring is 1.